The molecule has 1 saturated carbocycles. The van der Waals surface area contributed by atoms with Crippen LogP contribution in [0.25, 0.3) is 0 Å². The lowest BCUT2D eigenvalue weighted by atomic mass is 10.1. The van der Waals surface area contributed by atoms with Crippen molar-refractivity contribution in [2.45, 2.75) is 23.6 Å². The van der Waals surface area contributed by atoms with E-state index in [0.717, 1.165) is 11.8 Å². The van der Waals surface area contributed by atoms with Gasteiger partial charge in [0.2, 0.25) is 0 Å². The van der Waals surface area contributed by atoms with E-state index in [1.807, 2.05) is 19.1 Å². The molecule has 0 spiro atoms. The van der Waals surface area contributed by atoms with Crippen molar-refractivity contribution in [2.75, 3.05) is 6.26 Å². The van der Waals surface area contributed by atoms with Gasteiger partial charge in [0.25, 0.3) is 0 Å². The molecule has 98 valence electrons. The van der Waals surface area contributed by atoms with Crippen molar-refractivity contribution in [1.82, 2.24) is 0 Å². The first-order valence-corrected chi connectivity index (χ1v) is 7.42. The Morgan fingerprint density at radius 2 is 1.83 bits per heavy atom. The molecule has 1 aromatic rings. The van der Waals surface area contributed by atoms with Gasteiger partial charge < -0.3 is 10.8 Å². The van der Waals surface area contributed by atoms with E-state index >= 15 is 0 Å². The van der Waals surface area contributed by atoms with Gasteiger partial charge in [-0.25, -0.2) is 8.42 Å². The fraction of sp³-hybridized carbons (Fsp3) is 0.417. The Hall–Kier alpha value is -1.40. The highest BCUT2D eigenvalue weighted by molar-refractivity contribution is 7.91. The lowest BCUT2D eigenvalue weighted by Crippen LogP contribution is -2.39. The second kappa shape index (κ2) is 3.80. The van der Waals surface area contributed by atoms with Crippen molar-refractivity contribution in [2.24, 2.45) is 5.73 Å². The van der Waals surface area contributed by atoms with Gasteiger partial charge in [0, 0.05) is 12.2 Å². The molecule has 1 aromatic carbocycles. The smallest absolute Gasteiger partial charge is 0.325 e. The maximum atomic E-state index is 11.6. The first-order chi connectivity index (χ1) is 8.19. The van der Waals surface area contributed by atoms with E-state index in [1.54, 1.807) is 12.1 Å². The number of carboxylic acids is 1. The van der Waals surface area contributed by atoms with Gasteiger partial charge in [-0.2, -0.15) is 0 Å². The normalized spacial score (nSPS) is 31.1. The molecule has 2 rings (SSSR count). The van der Waals surface area contributed by atoms with E-state index in [9.17, 15) is 13.2 Å². The average Bonchev–Trinajstić information content (AvgIpc) is 2.87. The van der Waals surface area contributed by atoms with Gasteiger partial charge in [-0.15, -0.1) is 0 Å². The Morgan fingerprint density at radius 1 is 1.33 bits per heavy atom. The van der Waals surface area contributed by atoms with Gasteiger partial charge in [0.1, 0.15) is 5.54 Å². The van der Waals surface area contributed by atoms with E-state index in [1.165, 1.54) is 0 Å². The third kappa shape index (κ3) is 1.81. The van der Waals surface area contributed by atoms with Crippen molar-refractivity contribution in [3.63, 3.8) is 0 Å². The number of nitrogens with two attached hydrogens (primary N) is 1. The SMILES string of the molecule is Cc1ccc([C@@H]2[C@H](S(C)(=O)=O)[C@@]2(N)C(=O)O)cc1. The highest BCUT2D eigenvalue weighted by atomic mass is 32.2. The molecule has 0 aromatic heterocycles. The summed E-state index contributed by atoms with van der Waals surface area (Å²) in [4.78, 5) is 11.2. The van der Waals surface area contributed by atoms with Gasteiger partial charge in [-0.05, 0) is 12.5 Å². The zero-order valence-corrected chi connectivity index (χ0v) is 10.9. The molecule has 1 aliphatic rings. The molecule has 0 radical (unpaired) electrons. The lowest BCUT2D eigenvalue weighted by Gasteiger charge is -2.05. The van der Waals surface area contributed by atoms with Crippen LogP contribution in [0.1, 0.15) is 17.0 Å². The van der Waals surface area contributed by atoms with E-state index in [-0.39, 0.29) is 0 Å². The molecule has 18 heavy (non-hydrogen) atoms. The summed E-state index contributed by atoms with van der Waals surface area (Å²) in [7, 11) is -3.50. The largest absolute Gasteiger partial charge is 0.480 e. The predicted molar refractivity (Wildman–Crippen MR) is 67.1 cm³/mol. The van der Waals surface area contributed by atoms with Crippen molar-refractivity contribution in [1.29, 1.82) is 0 Å². The van der Waals surface area contributed by atoms with Crippen molar-refractivity contribution >= 4 is 15.8 Å². The molecule has 1 fully saturated rings. The van der Waals surface area contributed by atoms with E-state index in [0.29, 0.717) is 5.56 Å². The molecule has 0 bridgehead atoms. The van der Waals surface area contributed by atoms with Crippen LogP contribution in [0, 0.1) is 6.92 Å². The number of hydrogen-bond donors (Lipinski definition) is 2. The van der Waals surface area contributed by atoms with E-state index < -0.39 is 32.5 Å². The number of benzene rings is 1. The van der Waals surface area contributed by atoms with Gasteiger partial charge in [0.15, 0.2) is 9.84 Å². The van der Waals surface area contributed by atoms with Crippen LogP contribution in [0.2, 0.25) is 0 Å². The zero-order valence-electron chi connectivity index (χ0n) is 10.1. The molecule has 6 heteroatoms. The first kappa shape index (κ1) is 13.0. The molecule has 1 aliphatic carbocycles. The minimum Gasteiger partial charge on any atom is -0.480 e. The Kier molecular flexibility index (Phi) is 2.75. The zero-order chi connectivity index (χ0) is 13.7. The molecular formula is C12H15NO4S. The van der Waals surface area contributed by atoms with Crippen molar-refractivity contribution in [3.05, 3.63) is 35.4 Å². The van der Waals surface area contributed by atoms with Crippen LogP contribution in [0.4, 0.5) is 0 Å². The van der Waals surface area contributed by atoms with Crippen LogP contribution in [0.3, 0.4) is 0 Å². The Bertz CT molecular complexity index is 593. The summed E-state index contributed by atoms with van der Waals surface area (Å²) in [5, 5.41) is 8.09. The second-order valence-corrected chi connectivity index (χ2v) is 7.04. The number of rotatable bonds is 3. The van der Waals surface area contributed by atoms with Gasteiger partial charge in [-0.3, -0.25) is 4.79 Å². The van der Waals surface area contributed by atoms with Crippen LogP contribution in [0.15, 0.2) is 24.3 Å². The van der Waals surface area contributed by atoms with Gasteiger partial charge in [0.05, 0.1) is 5.25 Å². The van der Waals surface area contributed by atoms with Crippen LogP contribution in [0.5, 0.6) is 0 Å². The van der Waals surface area contributed by atoms with Crippen LogP contribution in [-0.4, -0.2) is 36.5 Å². The first-order valence-electron chi connectivity index (χ1n) is 5.46. The summed E-state index contributed by atoms with van der Waals surface area (Å²) in [5.41, 5.74) is 5.73. The quantitative estimate of drug-likeness (QED) is 0.821. The molecule has 0 unspecified atom stereocenters. The van der Waals surface area contributed by atoms with Crippen LogP contribution in [-0.2, 0) is 14.6 Å². The summed E-state index contributed by atoms with van der Waals surface area (Å²) in [6, 6.07) is 7.09. The van der Waals surface area contributed by atoms with Gasteiger partial charge in [-0.1, -0.05) is 29.8 Å². The number of sulfone groups is 1. The van der Waals surface area contributed by atoms with E-state index in [2.05, 4.69) is 0 Å². The molecular weight excluding hydrogens is 254 g/mol. The lowest BCUT2D eigenvalue weighted by molar-refractivity contribution is -0.139. The highest BCUT2D eigenvalue weighted by Gasteiger charge is 2.73. The van der Waals surface area contributed by atoms with Crippen LogP contribution >= 0.6 is 0 Å². The number of aliphatic carboxylic acids is 1. The topological polar surface area (TPSA) is 97.5 Å². The second-order valence-electron chi connectivity index (χ2n) is 4.88. The summed E-state index contributed by atoms with van der Waals surface area (Å²) in [6.45, 7) is 1.90. The van der Waals surface area contributed by atoms with Gasteiger partial charge >= 0.3 is 5.97 Å². The Balaban J connectivity index is 2.45. The minimum absolute atomic E-state index is 0.654. The standard InChI is InChI=1S/C12H15NO4S/c1-7-3-5-8(6-4-7)9-10(18(2,16)17)12(9,13)11(14)15/h3-6,9-10H,13H2,1-2H3,(H,14,15)/t9-,10+,12-/m1/s1. The fourth-order valence-electron chi connectivity index (χ4n) is 2.45. The Labute approximate surface area is 106 Å². The van der Waals surface area contributed by atoms with Crippen LogP contribution < -0.4 is 5.73 Å². The monoisotopic (exact) mass is 269 g/mol. The third-order valence-electron chi connectivity index (χ3n) is 3.45. The fourth-order valence-corrected chi connectivity index (χ4v) is 4.21. The summed E-state index contributed by atoms with van der Waals surface area (Å²) < 4.78 is 23.2. The predicted octanol–water partition coefficient (Wildman–Crippen LogP) is 0.288. The summed E-state index contributed by atoms with van der Waals surface area (Å²) in [6.07, 6.45) is 1.02. The molecule has 3 atom stereocenters. The molecule has 0 heterocycles. The number of aryl methyl sites for hydroxylation is 1. The molecule has 0 amide bonds. The molecule has 0 saturated heterocycles. The Morgan fingerprint density at radius 3 is 2.17 bits per heavy atom. The van der Waals surface area contributed by atoms with E-state index in [4.69, 9.17) is 10.8 Å². The summed E-state index contributed by atoms with van der Waals surface area (Å²) in [5.74, 6) is -1.95. The number of carboxylic acid groups (broad SMARTS) is 1. The minimum atomic E-state index is -3.50. The summed E-state index contributed by atoms with van der Waals surface area (Å²) >= 11 is 0. The molecule has 5 nitrogen and oxygen atoms in total. The average molecular weight is 269 g/mol. The molecule has 0 aliphatic heterocycles. The maximum absolute atomic E-state index is 11.6. The van der Waals surface area contributed by atoms with Crippen molar-refractivity contribution < 1.29 is 18.3 Å². The third-order valence-corrected chi connectivity index (χ3v) is 5.03. The highest BCUT2D eigenvalue weighted by Crippen LogP contribution is 2.54. The van der Waals surface area contributed by atoms with Crippen molar-refractivity contribution in [3.8, 4) is 0 Å². The molecule has 3 N–H and O–H groups in total. The maximum Gasteiger partial charge on any atom is 0.325 e. The number of carbonyl (C=O) groups is 1. The number of hydrogen-bond acceptors (Lipinski definition) is 4.